The molecule has 0 fully saturated rings. The van der Waals surface area contributed by atoms with Gasteiger partial charge < -0.3 is 24.1 Å². The number of carboxylic acid groups (broad SMARTS) is 1. The van der Waals surface area contributed by atoms with Gasteiger partial charge in [0.05, 0.1) is 23.8 Å². The number of methoxy groups -OCH3 is 1. The number of hydrogen-bond acceptors (Lipinski definition) is 6. The number of rotatable bonds is 6. The minimum atomic E-state index is -1.34. The largest absolute Gasteiger partial charge is 0.497 e. The lowest BCUT2D eigenvalue weighted by Crippen LogP contribution is -2.30. The molecule has 0 atom stereocenters. The first-order valence-electron chi connectivity index (χ1n) is 10.2. The van der Waals surface area contributed by atoms with Crippen molar-refractivity contribution in [2.24, 2.45) is 0 Å². The van der Waals surface area contributed by atoms with Gasteiger partial charge in [-0.25, -0.2) is 4.79 Å². The van der Waals surface area contributed by atoms with Gasteiger partial charge in [0.1, 0.15) is 11.1 Å². The van der Waals surface area contributed by atoms with E-state index in [1.54, 1.807) is 36.4 Å². The number of anilines is 1. The van der Waals surface area contributed by atoms with Crippen LogP contribution in [-0.2, 0) is 0 Å². The molecule has 8 heteroatoms. The second kappa shape index (κ2) is 8.22. The van der Waals surface area contributed by atoms with E-state index in [1.165, 1.54) is 7.11 Å². The lowest BCUT2D eigenvalue weighted by molar-refractivity contribution is 0.0695. The van der Waals surface area contributed by atoms with Crippen molar-refractivity contribution < 1.29 is 19.1 Å². The number of H-pyrrole nitrogens is 1. The van der Waals surface area contributed by atoms with Crippen molar-refractivity contribution in [1.29, 1.82) is 0 Å². The highest BCUT2D eigenvalue weighted by Gasteiger charge is 2.23. The third-order valence-corrected chi connectivity index (χ3v) is 5.52. The Kier molecular flexibility index (Phi) is 5.44. The molecule has 2 aliphatic rings. The molecule has 0 spiro atoms. The predicted molar refractivity (Wildman–Crippen MR) is 121 cm³/mol. The summed E-state index contributed by atoms with van der Waals surface area (Å²) in [4.78, 5) is 43.2. The van der Waals surface area contributed by atoms with Gasteiger partial charge in [0.2, 0.25) is 10.8 Å². The number of carbonyl (C=O) groups is 1. The number of carboxylic acids is 1. The summed E-state index contributed by atoms with van der Waals surface area (Å²) in [6.07, 6.45) is 0. The van der Waals surface area contributed by atoms with E-state index < -0.39 is 16.8 Å². The summed E-state index contributed by atoms with van der Waals surface area (Å²) in [5, 5.41) is 9.93. The molecule has 0 aromatic heterocycles. The van der Waals surface area contributed by atoms with Crippen molar-refractivity contribution in [3.8, 4) is 16.9 Å². The number of ether oxygens (including phenoxy) is 1. The van der Waals surface area contributed by atoms with Gasteiger partial charge in [0, 0.05) is 24.8 Å². The molecule has 0 amide bonds. The summed E-state index contributed by atoms with van der Waals surface area (Å²) in [6.45, 7) is 5.61. The van der Waals surface area contributed by atoms with Crippen LogP contribution in [-0.4, -0.2) is 36.3 Å². The van der Waals surface area contributed by atoms with Gasteiger partial charge in [-0.15, -0.1) is 0 Å². The number of fused-ring (bicyclic) bond motifs is 1. The monoisotopic (exact) mass is 434 g/mol. The van der Waals surface area contributed by atoms with Crippen molar-refractivity contribution >= 4 is 22.8 Å². The Morgan fingerprint density at radius 1 is 1.06 bits per heavy atom. The van der Waals surface area contributed by atoms with Crippen LogP contribution in [0.25, 0.3) is 22.2 Å². The summed E-state index contributed by atoms with van der Waals surface area (Å²) in [5.41, 5.74) is -0.592. The van der Waals surface area contributed by atoms with Gasteiger partial charge in [-0.1, -0.05) is 12.1 Å². The van der Waals surface area contributed by atoms with Crippen molar-refractivity contribution in [1.82, 2.24) is 4.98 Å². The SMILES string of the molecule is CCN(CC)c1ccc2[nH]c3c(C(=O)O)c(-c4ccc(OC)cc4)c(=O)c(=O)c=3oc2c1. The standard InChI is InChI=1S/C24H22N2O6/c1-4-26(5-2)14-8-11-16-17(12-14)32-23-20(25-16)19(24(29)30)18(21(27)22(23)28)13-6-9-15(31-3)10-7-13/h6-12,25H,4-5H2,1-3H3,(H,29,30). The molecule has 0 bridgehead atoms. The Morgan fingerprint density at radius 2 is 1.75 bits per heavy atom. The molecule has 1 heterocycles. The van der Waals surface area contributed by atoms with Crippen LogP contribution in [0.5, 0.6) is 5.75 Å². The number of aromatic nitrogens is 1. The van der Waals surface area contributed by atoms with Gasteiger partial charge in [-0.05, 0) is 43.7 Å². The molecule has 0 saturated carbocycles. The van der Waals surface area contributed by atoms with Gasteiger partial charge in [-0.2, -0.15) is 0 Å². The van der Waals surface area contributed by atoms with E-state index in [9.17, 15) is 19.5 Å². The van der Waals surface area contributed by atoms with Crippen LogP contribution in [0.1, 0.15) is 24.2 Å². The molecule has 4 rings (SSSR count). The summed E-state index contributed by atoms with van der Waals surface area (Å²) < 4.78 is 10.9. The fraction of sp³-hybridized carbons (Fsp3) is 0.208. The van der Waals surface area contributed by atoms with E-state index in [-0.39, 0.29) is 21.9 Å². The van der Waals surface area contributed by atoms with Gasteiger partial charge in [0.25, 0.3) is 5.43 Å². The van der Waals surface area contributed by atoms with Crippen molar-refractivity contribution in [2.45, 2.75) is 13.8 Å². The zero-order valence-electron chi connectivity index (χ0n) is 17.9. The van der Waals surface area contributed by atoms with Crippen LogP contribution in [0.15, 0.2) is 56.5 Å². The lowest BCUT2D eigenvalue weighted by atomic mass is 9.98. The zero-order valence-corrected chi connectivity index (χ0v) is 17.9. The van der Waals surface area contributed by atoms with E-state index in [1.807, 2.05) is 19.9 Å². The lowest BCUT2D eigenvalue weighted by Gasteiger charge is -2.21. The molecule has 0 unspecified atom stereocenters. The average Bonchev–Trinajstić information content (AvgIpc) is 2.81. The molecule has 1 aliphatic heterocycles. The number of nitrogens with zero attached hydrogens (tertiary/aromatic N) is 1. The highest BCUT2D eigenvalue weighted by molar-refractivity contribution is 5.96. The van der Waals surface area contributed by atoms with E-state index in [2.05, 4.69) is 9.88 Å². The van der Waals surface area contributed by atoms with Gasteiger partial charge in [-0.3, -0.25) is 9.59 Å². The van der Waals surface area contributed by atoms with Crippen LogP contribution in [0.2, 0.25) is 0 Å². The number of nitrogens with one attached hydrogen (secondary N) is 1. The molecule has 2 aromatic carbocycles. The average molecular weight is 434 g/mol. The maximum absolute atomic E-state index is 13.0. The Morgan fingerprint density at radius 3 is 2.34 bits per heavy atom. The molecule has 2 aromatic rings. The van der Waals surface area contributed by atoms with Crippen LogP contribution in [0.4, 0.5) is 5.69 Å². The van der Waals surface area contributed by atoms with Crippen LogP contribution in [0.3, 0.4) is 0 Å². The normalized spacial score (nSPS) is 11.1. The van der Waals surface area contributed by atoms with Crippen LogP contribution < -0.4 is 20.5 Å². The zero-order chi connectivity index (χ0) is 23.0. The minimum Gasteiger partial charge on any atom is -0.497 e. The van der Waals surface area contributed by atoms with Crippen molar-refractivity contribution in [3.63, 3.8) is 0 Å². The minimum absolute atomic E-state index is 0.0315. The third kappa shape index (κ3) is 3.39. The summed E-state index contributed by atoms with van der Waals surface area (Å²) >= 11 is 0. The fourth-order valence-electron chi connectivity index (χ4n) is 3.87. The van der Waals surface area contributed by atoms with Crippen LogP contribution in [0, 0.1) is 10.8 Å². The second-order valence-electron chi connectivity index (χ2n) is 7.23. The Balaban J connectivity index is 2.09. The molecule has 2 N–H and O–H groups in total. The highest BCUT2D eigenvalue weighted by atomic mass is 16.5. The second-order valence-corrected chi connectivity index (χ2v) is 7.23. The number of aromatic amines is 1. The van der Waals surface area contributed by atoms with Gasteiger partial charge in [0.15, 0.2) is 5.58 Å². The topological polar surface area (TPSA) is 113 Å². The highest BCUT2D eigenvalue weighted by Crippen LogP contribution is 2.26. The first-order chi connectivity index (χ1) is 15.4. The van der Waals surface area contributed by atoms with E-state index >= 15 is 0 Å². The maximum Gasteiger partial charge on any atom is 0.338 e. The van der Waals surface area contributed by atoms with Crippen molar-refractivity contribution in [2.75, 3.05) is 25.1 Å². The molecule has 164 valence electrons. The number of benzene rings is 2. The fourth-order valence-corrected chi connectivity index (χ4v) is 3.87. The molecule has 32 heavy (non-hydrogen) atoms. The van der Waals surface area contributed by atoms with Gasteiger partial charge >= 0.3 is 5.97 Å². The summed E-state index contributed by atoms with van der Waals surface area (Å²) in [6, 6.07) is 11.7. The Hall–Kier alpha value is -4.07. The number of hydrogen-bond donors (Lipinski definition) is 2. The Bertz CT molecular complexity index is 1500. The third-order valence-electron chi connectivity index (χ3n) is 5.52. The predicted octanol–water partition coefficient (Wildman–Crippen LogP) is 3.43. The molecular weight excluding hydrogens is 412 g/mol. The van der Waals surface area contributed by atoms with Crippen LogP contribution >= 0.6 is 0 Å². The summed E-state index contributed by atoms with van der Waals surface area (Å²) in [5.74, 6) is -0.804. The van der Waals surface area contributed by atoms with E-state index in [0.717, 1.165) is 18.8 Å². The van der Waals surface area contributed by atoms with E-state index in [0.29, 0.717) is 22.4 Å². The molecular formula is C24H22N2O6. The summed E-state index contributed by atoms with van der Waals surface area (Å²) in [7, 11) is 1.50. The van der Waals surface area contributed by atoms with Crippen molar-refractivity contribution in [3.05, 3.63) is 79.2 Å². The first-order valence-corrected chi connectivity index (χ1v) is 10.2. The Labute approximate surface area is 182 Å². The molecule has 1 aliphatic carbocycles. The smallest absolute Gasteiger partial charge is 0.338 e. The quantitative estimate of drug-likeness (QED) is 0.447. The first kappa shape index (κ1) is 21.2. The molecule has 0 radical (unpaired) electrons. The maximum atomic E-state index is 13.0. The number of aromatic carboxylic acids is 1. The van der Waals surface area contributed by atoms with E-state index in [4.69, 9.17) is 9.15 Å². The molecule has 8 nitrogen and oxygen atoms in total. The molecule has 0 saturated heterocycles.